The van der Waals surface area contributed by atoms with Crippen molar-refractivity contribution in [2.24, 2.45) is 0 Å². The zero-order valence-corrected chi connectivity index (χ0v) is 13.2. The molecule has 0 atom stereocenters. The molecule has 0 spiro atoms. The van der Waals surface area contributed by atoms with Crippen molar-refractivity contribution in [3.05, 3.63) is 27.7 Å². The maximum atomic E-state index is 11.7. The van der Waals surface area contributed by atoms with Crippen LogP contribution in [0.3, 0.4) is 0 Å². The summed E-state index contributed by atoms with van der Waals surface area (Å²) >= 11 is 10.9. The third-order valence-electron chi connectivity index (χ3n) is 1.86. The number of carbonyl (C=O) groups excluding carboxylic acids is 1. The van der Waals surface area contributed by atoms with E-state index in [1.54, 1.807) is 23.9 Å². The summed E-state index contributed by atoms with van der Waals surface area (Å²) in [5, 5.41) is 3.42. The molecule has 94 valence electrons. The molecule has 0 heterocycles. The number of thioether (sulfide) groups is 1. The van der Waals surface area contributed by atoms with Crippen molar-refractivity contribution in [2.45, 2.75) is 25.5 Å². The van der Waals surface area contributed by atoms with Crippen LogP contribution < -0.4 is 5.32 Å². The predicted molar refractivity (Wildman–Crippen MR) is 80.0 cm³/mol. The molecule has 0 fully saturated rings. The number of hydrogen-bond donors (Lipinski definition) is 1. The first-order valence-corrected chi connectivity index (χ1v) is 7.33. The Balaban J connectivity index is 2.60. The van der Waals surface area contributed by atoms with Crippen LogP contribution in [0.15, 0.2) is 22.7 Å². The number of benzene rings is 1. The fourth-order valence-corrected chi connectivity index (χ4v) is 2.24. The highest BCUT2D eigenvalue weighted by Gasteiger charge is 2.14. The summed E-state index contributed by atoms with van der Waals surface area (Å²) in [5.41, 5.74) is 0.706. The number of hydrogen-bond acceptors (Lipinski definition) is 2. The van der Waals surface area contributed by atoms with Gasteiger partial charge in [-0.05, 0) is 28.1 Å². The maximum absolute atomic E-state index is 11.7. The summed E-state index contributed by atoms with van der Waals surface area (Å²) in [7, 11) is 0. The molecule has 1 aromatic carbocycles. The van der Waals surface area contributed by atoms with Crippen LogP contribution in [0.25, 0.3) is 0 Å². The summed E-state index contributed by atoms with van der Waals surface area (Å²) in [6, 6.07) is 5.39. The second-order valence-electron chi connectivity index (χ2n) is 4.55. The zero-order valence-electron chi connectivity index (χ0n) is 10.0. The topological polar surface area (TPSA) is 29.1 Å². The van der Waals surface area contributed by atoms with Gasteiger partial charge in [0.05, 0.1) is 20.9 Å². The van der Waals surface area contributed by atoms with Gasteiger partial charge in [0.15, 0.2) is 0 Å². The fraction of sp³-hybridized carbons (Fsp3) is 0.417. The van der Waals surface area contributed by atoms with Gasteiger partial charge in [-0.2, -0.15) is 0 Å². The zero-order chi connectivity index (χ0) is 13.1. The number of carbonyl (C=O) groups is 1. The van der Waals surface area contributed by atoms with Gasteiger partial charge in [0, 0.05) is 4.75 Å². The lowest BCUT2D eigenvalue weighted by Gasteiger charge is -2.17. The van der Waals surface area contributed by atoms with Crippen molar-refractivity contribution in [1.29, 1.82) is 0 Å². The summed E-state index contributed by atoms with van der Waals surface area (Å²) in [5.74, 6) is 0.413. The lowest BCUT2D eigenvalue weighted by molar-refractivity contribution is -0.113. The van der Waals surface area contributed by atoms with Gasteiger partial charge in [-0.25, -0.2) is 0 Å². The van der Waals surface area contributed by atoms with E-state index in [0.717, 1.165) is 4.47 Å². The molecular formula is C12H15BrClNOS. The van der Waals surface area contributed by atoms with Gasteiger partial charge in [0.25, 0.3) is 0 Å². The van der Waals surface area contributed by atoms with Crippen molar-refractivity contribution < 1.29 is 4.79 Å². The lowest BCUT2D eigenvalue weighted by Crippen LogP contribution is -2.19. The van der Waals surface area contributed by atoms with Gasteiger partial charge in [0.2, 0.25) is 5.91 Å². The van der Waals surface area contributed by atoms with Crippen molar-refractivity contribution in [1.82, 2.24) is 0 Å². The van der Waals surface area contributed by atoms with E-state index >= 15 is 0 Å². The molecule has 1 rings (SSSR count). The molecule has 0 unspecified atom stereocenters. The molecule has 0 saturated carbocycles. The minimum atomic E-state index is -0.0205. The Bertz CT molecular complexity index is 417. The Labute approximate surface area is 120 Å². The summed E-state index contributed by atoms with van der Waals surface area (Å²) in [6.07, 6.45) is 0. The highest BCUT2D eigenvalue weighted by atomic mass is 79.9. The first-order chi connectivity index (χ1) is 7.79. The van der Waals surface area contributed by atoms with E-state index in [0.29, 0.717) is 16.5 Å². The third kappa shape index (κ3) is 5.32. The standard InChI is InChI=1S/C12H15BrClNOS/c1-12(2,3)17-7-10(16)15-9-6-4-5-8(14)11(9)13/h4-6H,7H2,1-3H3,(H,15,16). The fourth-order valence-electron chi connectivity index (χ4n) is 1.07. The van der Waals surface area contributed by atoms with E-state index in [-0.39, 0.29) is 10.7 Å². The van der Waals surface area contributed by atoms with Crippen LogP contribution >= 0.6 is 39.3 Å². The highest BCUT2D eigenvalue weighted by molar-refractivity contribution is 9.10. The normalized spacial score (nSPS) is 11.4. The molecule has 0 aromatic heterocycles. The largest absolute Gasteiger partial charge is 0.324 e. The average molecular weight is 337 g/mol. The Morgan fingerprint density at radius 3 is 2.71 bits per heavy atom. The van der Waals surface area contributed by atoms with Crippen molar-refractivity contribution >= 4 is 50.9 Å². The monoisotopic (exact) mass is 335 g/mol. The van der Waals surface area contributed by atoms with Crippen LogP contribution in [0.4, 0.5) is 5.69 Å². The quantitative estimate of drug-likeness (QED) is 0.876. The van der Waals surface area contributed by atoms with Crippen LogP contribution in [0, 0.1) is 0 Å². The third-order valence-corrected chi connectivity index (χ3v) is 4.53. The molecule has 0 aliphatic heterocycles. The molecule has 1 amide bonds. The van der Waals surface area contributed by atoms with E-state index in [4.69, 9.17) is 11.6 Å². The van der Waals surface area contributed by atoms with E-state index in [1.165, 1.54) is 0 Å². The summed E-state index contributed by atoms with van der Waals surface area (Å²) in [6.45, 7) is 6.25. The predicted octanol–water partition coefficient (Wildman–Crippen LogP) is 4.57. The van der Waals surface area contributed by atoms with Crippen molar-refractivity contribution in [3.63, 3.8) is 0 Å². The Hall–Kier alpha value is -0.190. The van der Waals surface area contributed by atoms with Crippen LogP contribution in [-0.4, -0.2) is 16.4 Å². The minimum Gasteiger partial charge on any atom is -0.324 e. The molecule has 0 radical (unpaired) electrons. The highest BCUT2D eigenvalue weighted by Crippen LogP contribution is 2.30. The van der Waals surface area contributed by atoms with E-state index in [1.807, 2.05) is 6.07 Å². The number of amides is 1. The van der Waals surface area contributed by atoms with Gasteiger partial charge in [0.1, 0.15) is 0 Å². The van der Waals surface area contributed by atoms with Gasteiger partial charge >= 0.3 is 0 Å². The first-order valence-electron chi connectivity index (χ1n) is 5.17. The second kappa shape index (κ2) is 6.12. The number of rotatable bonds is 3. The maximum Gasteiger partial charge on any atom is 0.234 e. The molecule has 0 aliphatic carbocycles. The summed E-state index contributed by atoms with van der Waals surface area (Å²) in [4.78, 5) is 11.7. The molecule has 0 aliphatic rings. The van der Waals surface area contributed by atoms with Gasteiger partial charge < -0.3 is 5.32 Å². The van der Waals surface area contributed by atoms with Crippen molar-refractivity contribution in [3.8, 4) is 0 Å². The van der Waals surface area contributed by atoms with Crippen LogP contribution in [0.5, 0.6) is 0 Å². The molecule has 1 N–H and O–H groups in total. The minimum absolute atomic E-state index is 0.0205. The smallest absolute Gasteiger partial charge is 0.234 e. The van der Waals surface area contributed by atoms with E-state index in [9.17, 15) is 4.79 Å². The average Bonchev–Trinajstić information content (AvgIpc) is 2.21. The lowest BCUT2D eigenvalue weighted by atomic mass is 10.3. The number of nitrogens with one attached hydrogen (secondary N) is 1. The Morgan fingerprint density at radius 1 is 1.47 bits per heavy atom. The number of anilines is 1. The van der Waals surface area contributed by atoms with Gasteiger partial charge in [-0.3, -0.25) is 4.79 Å². The Morgan fingerprint density at radius 2 is 2.12 bits per heavy atom. The molecule has 17 heavy (non-hydrogen) atoms. The summed E-state index contributed by atoms with van der Waals surface area (Å²) < 4.78 is 0.805. The van der Waals surface area contributed by atoms with Crippen LogP contribution in [-0.2, 0) is 4.79 Å². The number of halogens is 2. The van der Waals surface area contributed by atoms with Gasteiger partial charge in [-0.1, -0.05) is 38.4 Å². The van der Waals surface area contributed by atoms with E-state index < -0.39 is 0 Å². The molecule has 2 nitrogen and oxygen atoms in total. The van der Waals surface area contributed by atoms with E-state index in [2.05, 4.69) is 42.0 Å². The Kier molecular flexibility index (Phi) is 5.35. The van der Waals surface area contributed by atoms with Crippen LogP contribution in [0.1, 0.15) is 20.8 Å². The molecule has 5 heteroatoms. The first kappa shape index (κ1) is 14.9. The van der Waals surface area contributed by atoms with Crippen molar-refractivity contribution in [2.75, 3.05) is 11.1 Å². The molecule has 0 bridgehead atoms. The molecule has 0 saturated heterocycles. The van der Waals surface area contributed by atoms with Gasteiger partial charge in [-0.15, -0.1) is 11.8 Å². The SMILES string of the molecule is CC(C)(C)SCC(=O)Nc1cccc(Cl)c1Br. The molecule has 1 aromatic rings. The second-order valence-corrected chi connectivity index (χ2v) is 7.55. The van der Waals surface area contributed by atoms with Crippen LogP contribution in [0.2, 0.25) is 5.02 Å². The molecular weight excluding hydrogens is 322 g/mol.